The molecular weight excluding hydrogens is 320 g/mol. The molecule has 0 saturated heterocycles. The van der Waals surface area contributed by atoms with Crippen LogP contribution in [-0.4, -0.2) is 18.1 Å². The Morgan fingerprint density at radius 2 is 1.78 bits per heavy atom. The van der Waals surface area contributed by atoms with E-state index >= 15 is 0 Å². The van der Waals surface area contributed by atoms with Crippen molar-refractivity contribution < 1.29 is 9.53 Å². The minimum absolute atomic E-state index is 0.0512. The smallest absolute Gasteiger partial charge is 0.356 e. The van der Waals surface area contributed by atoms with E-state index in [0.717, 1.165) is 0 Å². The van der Waals surface area contributed by atoms with Crippen LogP contribution in [0.3, 0.4) is 0 Å². The van der Waals surface area contributed by atoms with E-state index in [2.05, 4.69) is 9.72 Å². The summed E-state index contributed by atoms with van der Waals surface area (Å²) in [4.78, 5) is 15.5. The third-order valence-electron chi connectivity index (χ3n) is 2.27. The number of nitrogens with zero attached hydrogens (tertiary/aromatic N) is 1. The van der Waals surface area contributed by atoms with Crippen LogP contribution in [0.4, 0.5) is 0 Å². The quantitative estimate of drug-likeness (QED) is 0.567. The van der Waals surface area contributed by atoms with Gasteiger partial charge in [0.25, 0.3) is 0 Å². The second-order valence-corrected chi connectivity index (χ2v) is 4.96. The lowest BCUT2D eigenvalue weighted by Crippen LogP contribution is -2.04. The van der Waals surface area contributed by atoms with E-state index < -0.39 is 5.97 Å². The summed E-state index contributed by atoms with van der Waals surface area (Å²) in [5.41, 5.74) is 0.356. The van der Waals surface area contributed by atoms with Gasteiger partial charge in [-0.05, 0) is 12.1 Å². The number of carbonyl (C=O) groups is 1. The lowest BCUT2D eigenvalue weighted by atomic mass is 10.2. The fourth-order valence-electron chi connectivity index (χ4n) is 1.47. The predicted octanol–water partition coefficient (Wildman–Crippen LogP) is 4.64. The maximum Gasteiger partial charge on any atom is 0.356 e. The molecule has 0 fully saturated rings. The second kappa shape index (κ2) is 5.10. The number of ether oxygens (including phenoxy) is 1. The molecule has 3 nitrogen and oxygen atoms in total. The number of benzene rings is 1. The molecule has 0 saturated carbocycles. The van der Waals surface area contributed by atoms with Crippen LogP contribution in [0.15, 0.2) is 12.1 Å². The highest BCUT2D eigenvalue weighted by Gasteiger charge is 2.17. The molecule has 94 valence electrons. The first-order valence-corrected chi connectivity index (χ1v) is 6.19. The van der Waals surface area contributed by atoms with E-state index in [1.807, 2.05) is 0 Å². The largest absolute Gasteiger partial charge is 0.464 e. The summed E-state index contributed by atoms with van der Waals surface area (Å²) in [6.07, 6.45) is 0. The molecule has 0 bridgehead atoms. The van der Waals surface area contributed by atoms with Crippen LogP contribution in [-0.2, 0) is 4.74 Å². The van der Waals surface area contributed by atoms with Crippen LogP contribution in [0.1, 0.15) is 10.5 Å². The molecule has 0 radical (unpaired) electrons. The summed E-state index contributed by atoms with van der Waals surface area (Å²) in [6.45, 7) is 0. The number of hydrogen-bond acceptors (Lipinski definition) is 3. The van der Waals surface area contributed by atoms with E-state index in [1.165, 1.54) is 19.2 Å². The third-order valence-corrected chi connectivity index (χ3v) is 3.65. The van der Waals surface area contributed by atoms with Gasteiger partial charge in [-0.25, -0.2) is 9.78 Å². The number of halogens is 4. The van der Waals surface area contributed by atoms with Crippen LogP contribution in [0.2, 0.25) is 20.1 Å². The Morgan fingerprint density at radius 1 is 1.11 bits per heavy atom. The molecule has 18 heavy (non-hydrogen) atoms. The fourth-order valence-corrected chi connectivity index (χ4v) is 2.55. The minimum atomic E-state index is -0.610. The molecule has 0 spiro atoms. The highest BCUT2D eigenvalue weighted by molar-refractivity contribution is 6.50. The van der Waals surface area contributed by atoms with E-state index in [9.17, 15) is 4.79 Å². The van der Waals surface area contributed by atoms with Crippen molar-refractivity contribution >= 4 is 63.3 Å². The zero-order chi connectivity index (χ0) is 13.4. The second-order valence-electron chi connectivity index (χ2n) is 3.36. The fraction of sp³-hybridized carbons (Fsp3) is 0.0909. The molecule has 0 aliphatic heterocycles. The van der Waals surface area contributed by atoms with Gasteiger partial charge < -0.3 is 4.74 Å². The predicted molar refractivity (Wildman–Crippen MR) is 73.1 cm³/mol. The van der Waals surface area contributed by atoms with Gasteiger partial charge >= 0.3 is 5.97 Å². The summed E-state index contributed by atoms with van der Waals surface area (Å²) in [5.74, 6) is -0.610. The Labute approximate surface area is 123 Å². The van der Waals surface area contributed by atoms with Crippen molar-refractivity contribution in [2.75, 3.05) is 7.11 Å². The molecule has 2 aromatic rings. The van der Waals surface area contributed by atoms with Crippen molar-refractivity contribution in [3.63, 3.8) is 0 Å². The zero-order valence-electron chi connectivity index (χ0n) is 8.93. The molecule has 0 amide bonds. The van der Waals surface area contributed by atoms with Crippen molar-refractivity contribution in [3.8, 4) is 0 Å². The number of carbonyl (C=O) groups excluding carboxylic acids is 1. The number of esters is 1. The van der Waals surface area contributed by atoms with Gasteiger partial charge in [0.1, 0.15) is 0 Å². The molecule has 1 aromatic carbocycles. The molecule has 1 heterocycles. The molecule has 0 aliphatic rings. The Balaban J connectivity index is 2.86. The molecule has 1 aromatic heterocycles. The summed E-state index contributed by atoms with van der Waals surface area (Å²) >= 11 is 24.0. The SMILES string of the molecule is COC(=O)c1cc(Cl)c2c(Cl)c(Cl)cc(Cl)c2n1. The molecule has 0 N–H and O–H groups in total. The van der Waals surface area contributed by atoms with Gasteiger partial charge in [0.15, 0.2) is 5.69 Å². The van der Waals surface area contributed by atoms with Gasteiger partial charge in [-0.2, -0.15) is 0 Å². The average Bonchev–Trinajstić information content (AvgIpc) is 2.34. The number of methoxy groups -OCH3 is 1. The van der Waals surface area contributed by atoms with Gasteiger partial charge in [-0.1, -0.05) is 46.4 Å². The number of pyridine rings is 1. The van der Waals surface area contributed by atoms with Crippen LogP contribution in [0.25, 0.3) is 10.9 Å². The van der Waals surface area contributed by atoms with Crippen molar-refractivity contribution in [1.82, 2.24) is 4.98 Å². The van der Waals surface area contributed by atoms with E-state index in [1.54, 1.807) is 0 Å². The summed E-state index contributed by atoms with van der Waals surface area (Å²) in [5, 5.41) is 1.40. The van der Waals surface area contributed by atoms with Gasteiger partial charge in [-0.3, -0.25) is 0 Å². The average molecular weight is 325 g/mol. The van der Waals surface area contributed by atoms with Gasteiger partial charge in [0.05, 0.1) is 32.7 Å². The van der Waals surface area contributed by atoms with E-state index in [4.69, 9.17) is 46.4 Å². The summed E-state index contributed by atoms with van der Waals surface area (Å²) in [6, 6.07) is 2.80. The standard InChI is InChI=1S/C11H5Cl4NO2/c1-18-11(17)7-3-4(12)8-9(15)5(13)2-6(14)10(8)16-7/h2-3H,1H3. The minimum Gasteiger partial charge on any atom is -0.464 e. The van der Waals surface area contributed by atoms with E-state index in [0.29, 0.717) is 10.9 Å². The first kappa shape index (κ1) is 13.7. The number of fused-ring (bicyclic) bond motifs is 1. The normalized spacial score (nSPS) is 10.7. The molecule has 0 aliphatic carbocycles. The molecular formula is C11H5Cl4NO2. The first-order valence-electron chi connectivity index (χ1n) is 4.67. The van der Waals surface area contributed by atoms with Gasteiger partial charge in [0, 0.05) is 5.39 Å². The molecule has 0 unspecified atom stereocenters. The van der Waals surface area contributed by atoms with E-state index in [-0.39, 0.29) is 25.8 Å². The van der Waals surface area contributed by atoms with Crippen LogP contribution in [0.5, 0.6) is 0 Å². The highest BCUT2D eigenvalue weighted by Crippen LogP contribution is 2.38. The Morgan fingerprint density at radius 3 is 2.39 bits per heavy atom. The monoisotopic (exact) mass is 323 g/mol. The van der Waals surface area contributed by atoms with Crippen LogP contribution < -0.4 is 0 Å². The number of rotatable bonds is 1. The lowest BCUT2D eigenvalue weighted by molar-refractivity contribution is 0.0594. The number of aromatic nitrogens is 1. The summed E-state index contributed by atoms with van der Waals surface area (Å²) < 4.78 is 4.57. The topological polar surface area (TPSA) is 39.2 Å². The Bertz CT molecular complexity index is 657. The van der Waals surface area contributed by atoms with Crippen molar-refractivity contribution in [3.05, 3.63) is 37.9 Å². The third kappa shape index (κ3) is 2.24. The van der Waals surface area contributed by atoms with Crippen LogP contribution in [0, 0.1) is 0 Å². The van der Waals surface area contributed by atoms with Crippen molar-refractivity contribution in [2.45, 2.75) is 0 Å². The van der Waals surface area contributed by atoms with Gasteiger partial charge in [0.2, 0.25) is 0 Å². The Hall–Kier alpha value is -0.740. The van der Waals surface area contributed by atoms with Crippen molar-refractivity contribution in [1.29, 1.82) is 0 Å². The maximum atomic E-state index is 11.4. The van der Waals surface area contributed by atoms with Crippen molar-refractivity contribution in [2.24, 2.45) is 0 Å². The molecule has 0 atom stereocenters. The molecule has 2 rings (SSSR count). The molecule has 7 heteroatoms. The first-order chi connectivity index (χ1) is 8.45. The number of hydrogen-bond donors (Lipinski definition) is 0. The lowest BCUT2D eigenvalue weighted by Gasteiger charge is -2.08. The highest BCUT2D eigenvalue weighted by atomic mass is 35.5. The maximum absolute atomic E-state index is 11.4. The van der Waals surface area contributed by atoms with Crippen LogP contribution >= 0.6 is 46.4 Å². The van der Waals surface area contributed by atoms with Gasteiger partial charge in [-0.15, -0.1) is 0 Å². The Kier molecular flexibility index (Phi) is 3.87. The zero-order valence-corrected chi connectivity index (χ0v) is 12.0. The summed E-state index contributed by atoms with van der Waals surface area (Å²) in [7, 11) is 1.25.